The number of piperidine rings is 1. The molecule has 0 bridgehead atoms. The van der Waals surface area contributed by atoms with Crippen molar-refractivity contribution in [2.45, 2.75) is 57.7 Å². The highest BCUT2D eigenvalue weighted by Gasteiger charge is 2.31. The van der Waals surface area contributed by atoms with Gasteiger partial charge in [0.15, 0.2) is 0 Å². The molecule has 0 aromatic heterocycles. The largest absolute Gasteiger partial charge is 0.444 e. The normalized spacial score (nSPS) is 21.0. The van der Waals surface area contributed by atoms with E-state index in [0.717, 1.165) is 32.1 Å². The third kappa shape index (κ3) is 8.13. The molecule has 142 valence electrons. The fourth-order valence-electron chi connectivity index (χ4n) is 2.63. The fourth-order valence-corrected chi connectivity index (χ4v) is 2.63. The molecule has 1 rings (SSSR count). The van der Waals surface area contributed by atoms with E-state index in [4.69, 9.17) is 20.9 Å². The Balaban J connectivity index is 2.51. The Kier molecular flexibility index (Phi) is 9.79. The lowest BCUT2D eigenvalue weighted by Gasteiger charge is -2.39. The maximum Gasteiger partial charge on any atom is 0.437 e. The summed E-state index contributed by atoms with van der Waals surface area (Å²) in [5.74, 6) is 0.250. The molecule has 8 heteroatoms. The van der Waals surface area contributed by atoms with Crippen molar-refractivity contribution in [2.75, 3.05) is 19.8 Å². The summed E-state index contributed by atoms with van der Waals surface area (Å²) in [7, 11) is 0. The summed E-state index contributed by atoms with van der Waals surface area (Å²) in [6, 6.07) is -0.205. The lowest BCUT2D eigenvalue weighted by molar-refractivity contribution is -0.117. The number of amides is 1. The lowest BCUT2D eigenvalue weighted by atomic mass is 10.0. The predicted molar refractivity (Wildman–Crippen MR) is 96.0 cm³/mol. The van der Waals surface area contributed by atoms with Gasteiger partial charge < -0.3 is 30.6 Å². The Morgan fingerprint density at radius 2 is 2.12 bits per heavy atom. The number of rotatable bonds is 9. The van der Waals surface area contributed by atoms with Crippen molar-refractivity contribution in [3.63, 3.8) is 0 Å². The topological polar surface area (TPSA) is 120 Å². The number of unbranched alkanes of at least 4 members (excludes halogenated alkanes) is 2. The summed E-state index contributed by atoms with van der Waals surface area (Å²) >= 11 is 0. The molecule has 1 aliphatic rings. The van der Waals surface area contributed by atoms with Crippen LogP contribution in [0.5, 0.6) is 0 Å². The molecule has 4 N–H and O–H groups in total. The van der Waals surface area contributed by atoms with Crippen LogP contribution in [0.2, 0.25) is 0 Å². The van der Waals surface area contributed by atoms with Crippen LogP contribution in [0.25, 0.3) is 0 Å². The minimum absolute atomic E-state index is 0.0470. The van der Waals surface area contributed by atoms with Crippen LogP contribution < -0.4 is 11.5 Å². The van der Waals surface area contributed by atoms with Crippen LogP contribution in [0.1, 0.15) is 45.4 Å². The van der Waals surface area contributed by atoms with E-state index < -0.39 is 12.3 Å². The van der Waals surface area contributed by atoms with Gasteiger partial charge in [-0.1, -0.05) is 19.1 Å². The van der Waals surface area contributed by atoms with Crippen LogP contribution in [0, 0.1) is 0 Å². The molecular weight excluding hydrogens is 324 g/mol. The zero-order chi connectivity index (χ0) is 18.7. The van der Waals surface area contributed by atoms with Gasteiger partial charge in [-0.15, -0.1) is 4.99 Å². The lowest BCUT2D eigenvalue weighted by Crippen LogP contribution is -2.57. The van der Waals surface area contributed by atoms with Crippen molar-refractivity contribution >= 4 is 17.8 Å². The number of nitrogens with two attached hydrogens (primary N) is 2. The Bertz CT molecular complexity index is 481. The van der Waals surface area contributed by atoms with Gasteiger partial charge in [0.1, 0.15) is 18.6 Å². The molecule has 2 atom stereocenters. The number of guanidine groups is 1. The minimum Gasteiger partial charge on any atom is -0.444 e. The number of ether oxygens (including phenoxy) is 2. The average molecular weight is 354 g/mol. The van der Waals surface area contributed by atoms with E-state index in [-0.39, 0.29) is 24.4 Å². The summed E-state index contributed by atoms with van der Waals surface area (Å²) in [4.78, 5) is 27.9. The van der Waals surface area contributed by atoms with E-state index in [0.29, 0.717) is 19.6 Å². The molecule has 1 amide bonds. The molecule has 2 unspecified atom stereocenters. The molecular formula is C17H30N4O4. The molecule has 1 aliphatic heterocycles. The molecule has 0 aromatic carbocycles. The van der Waals surface area contributed by atoms with E-state index in [2.05, 4.69) is 11.6 Å². The molecule has 1 fully saturated rings. The number of hydrogen-bond donors (Lipinski definition) is 2. The average Bonchev–Trinajstić information content (AvgIpc) is 2.56. The second kappa shape index (κ2) is 11.6. The zero-order valence-electron chi connectivity index (χ0n) is 15.0. The highest BCUT2D eigenvalue weighted by Crippen LogP contribution is 2.18. The number of nitrogens with zero attached hydrogens (tertiary/aromatic N) is 2. The molecule has 0 aromatic rings. The Labute approximate surface area is 149 Å². The van der Waals surface area contributed by atoms with Crippen LogP contribution in [0.15, 0.2) is 17.6 Å². The van der Waals surface area contributed by atoms with Gasteiger partial charge in [0.2, 0.25) is 5.96 Å². The minimum atomic E-state index is -0.764. The number of hydrogen-bond acceptors (Lipinski definition) is 5. The molecule has 8 nitrogen and oxygen atoms in total. The maximum atomic E-state index is 11.6. The molecule has 0 aliphatic carbocycles. The monoisotopic (exact) mass is 354 g/mol. The first-order valence-electron chi connectivity index (χ1n) is 8.70. The smallest absolute Gasteiger partial charge is 0.437 e. The number of Topliss-reactive ketones (excluding diaryl/α,β-unsaturated/α-hetero) is 1. The van der Waals surface area contributed by atoms with Crippen molar-refractivity contribution in [3.05, 3.63) is 12.7 Å². The predicted octanol–water partition coefficient (Wildman–Crippen LogP) is 1.54. The van der Waals surface area contributed by atoms with E-state index in [1.165, 1.54) is 6.08 Å². The summed E-state index contributed by atoms with van der Waals surface area (Å²) in [6.45, 7) is 6.27. The molecule has 0 radical (unpaired) electrons. The standard InChI is InChI=1S/C17H30N4O4/c1-3-11-25-17(23)20-16(19)21-10-7-9-14(18)15(21)24-12-6-4-5-8-13(2)22/h3,14-15H,1,4-12,18H2,2H3,(H2,19,20,23). The van der Waals surface area contributed by atoms with Gasteiger partial charge in [-0.25, -0.2) is 4.79 Å². The van der Waals surface area contributed by atoms with E-state index in [1.807, 2.05) is 0 Å². The quantitative estimate of drug-likeness (QED) is 0.279. The maximum absolute atomic E-state index is 11.6. The van der Waals surface area contributed by atoms with Gasteiger partial charge in [-0.3, -0.25) is 0 Å². The van der Waals surface area contributed by atoms with Gasteiger partial charge in [0, 0.05) is 25.6 Å². The summed E-state index contributed by atoms with van der Waals surface area (Å²) in [5.41, 5.74) is 12.1. The van der Waals surface area contributed by atoms with Crippen molar-refractivity contribution < 1.29 is 19.1 Å². The van der Waals surface area contributed by atoms with Crippen molar-refractivity contribution in [1.29, 1.82) is 0 Å². The second-order valence-corrected chi connectivity index (χ2v) is 6.11. The third-order valence-electron chi connectivity index (χ3n) is 3.90. The highest BCUT2D eigenvalue weighted by molar-refractivity contribution is 5.89. The number of ketones is 1. The van der Waals surface area contributed by atoms with Gasteiger partial charge in [0.25, 0.3) is 0 Å². The van der Waals surface area contributed by atoms with Crippen molar-refractivity contribution in [1.82, 2.24) is 4.90 Å². The van der Waals surface area contributed by atoms with Crippen LogP contribution in [-0.4, -0.2) is 54.8 Å². The Morgan fingerprint density at radius 3 is 2.80 bits per heavy atom. The first-order valence-corrected chi connectivity index (χ1v) is 8.70. The molecule has 25 heavy (non-hydrogen) atoms. The fraction of sp³-hybridized carbons (Fsp3) is 0.706. The molecule has 1 heterocycles. The SMILES string of the molecule is C=CCOC(=O)/N=C(\N)N1CCCC(N)C1OCCCCCC(C)=O. The molecule has 1 saturated heterocycles. The van der Waals surface area contributed by atoms with E-state index >= 15 is 0 Å². The van der Waals surface area contributed by atoms with Crippen LogP contribution >= 0.6 is 0 Å². The van der Waals surface area contributed by atoms with Crippen LogP contribution in [0.4, 0.5) is 4.79 Å². The Hall–Kier alpha value is -1.93. The second-order valence-electron chi connectivity index (χ2n) is 6.11. The Morgan fingerprint density at radius 1 is 1.36 bits per heavy atom. The van der Waals surface area contributed by atoms with Gasteiger partial charge in [-0.05, 0) is 32.6 Å². The first kappa shape index (κ1) is 21.1. The number of aliphatic imine (C=N–C) groups is 1. The number of carbonyl (C=O) groups excluding carboxylic acids is 2. The first-order chi connectivity index (χ1) is 12.0. The highest BCUT2D eigenvalue weighted by atomic mass is 16.5. The zero-order valence-corrected chi connectivity index (χ0v) is 15.0. The van der Waals surface area contributed by atoms with E-state index in [9.17, 15) is 9.59 Å². The summed E-state index contributed by atoms with van der Waals surface area (Å²) < 4.78 is 10.7. The summed E-state index contributed by atoms with van der Waals surface area (Å²) in [6.07, 6.45) is 5.15. The number of likely N-dealkylation sites (tertiary alicyclic amines) is 1. The van der Waals surface area contributed by atoms with Crippen LogP contribution in [0.3, 0.4) is 0 Å². The molecule has 0 spiro atoms. The third-order valence-corrected chi connectivity index (χ3v) is 3.90. The summed E-state index contributed by atoms with van der Waals surface area (Å²) in [5, 5.41) is 0. The van der Waals surface area contributed by atoms with Gasteiger partial charge in [0.05, 0.1) is 0 Å². The van der Waals surface area contributed by atoms with Crippen LogP contribution in [-0.2, 0) is 14.3 Å². The molecule has 0 saturated carbocycles. The van der Waals surface area contributed by atoms with Gasteiger partial charge in [-0.2, -0.15) is 0 Å². The van der Waals surface area contributed by atoms with Crippen molar-refractivity contribution in [3.8, 4) is 0 Å². The van der Waals surface area contributed by atoms with Gasteiger partial charge >= 0.3 is 6.09 Å². The van der Waals surface area contributed by atoms with Crippen molar-refractivity contribution in [2.24, 2.45) is 16.5 Å². The number of carbonyl (C=O) groups is 2. The van der Waals surface area contributed by atoms with E-state index in [1.54, 1.807) is 11.8 Å².